The monoisotopic (exact) mass is 327 g/mol. The number of halogens is 2. The van der Waals surface area contributed by atoms with Gasteiger partial charge in [-0.3, -0.25) is 0 Å². The number of hydrogen-bond acceptors (Lipinski definition) is 2. The van der Waals surface area contributed by atoms with Crippen LogP contribution < -0.4 is 5.73 Å². The number of nitrogen functional groups attached to an aromatic ring is 1. The van der Waals surface area contributed by atoms with Crippen molar-refractivity contribution in [3.05, 3.63) is 22.4 Å². The smallest absolute Gasteiger partial charge is 0.201 e. The Kier molecular flexibility index (Phi) is 4.45. The van der Waals surface area contributed by atoms with E-state index in [0.29, 0.717) is 10.4 Å². The molecule has 104 valence electrons. The molecule has 19 heavy (non-hydrogen) atoms. The third-order valence-corrected chi connectivity index (χ3v) is 4.03. The van der Waals surface area contributed by atoms with Crippen LogP contribution in [0.4, 0.5) is 10.3 Å². The molecule has 5 heteroatoms. The molecule has 0 saturated heterocycles. The molecule has 2 aromatic rings. The molecule has 2 N–H and O–H groups in total. The molecule has 3 nitrogen and oxygen atoms in total. The Hall–Kier alpha value is -1.10. The number of benzene rings is 1. The lowest BCUT2D eigenvalue weighted by molar-refractivity contribution is 0.491. The van der Waals surface area contributed by atoms with Crippen molar-refractivity contribution in [3.63, 3.8) is 0 Å². The number of imidazole rings is 1. The van der Waals surface area contributed by atoms with Gasteiger partial charge in [0, 0.05) is 12.1 Å². The van der Waals surface area contributed by atoms with Crippen molar-refractivity contribution in [2.24, 2.45) is 0 Å². The Balaban J connectivity index is 2.36. The Morgan fingerprint density at radius 2 is 2.16 bits per heavy atom. The highest BCUT2D eigenvalue weighted by atomic mass is 79.9. The van der Waals surface area contributed by atoms with Crippen molar-refractivity contribution >= 4 is 32.9 Å². The molecule has 0 aliphatic heterocycles. The second-order valence-electron chi connectivity index (χ2n) is 4.94. The first-order valence-corrected chi connectivity index (χ1v) is 7.46. The molecule has 1 aromatic heterocycles. The SMILES string of the molecule is CCCCCC(C)n1c(N)nc2cc(Br)c(F)cc21. The van der Waals surface area contributed by atoms with E-state index in [0.717, 1.165) is 23.9 Å². The Morgan fingerprint density at radius 3 is 2.84 bits per heavy atom. The van der Waals surface area contributed by atoms with Crippen molar-refractivity contribution in [2.45, 2.75) is 45.6 Å². The van der Waals surface area contributed by atoms with Crippen LogP contribution in [0.2, 0.25) is 0 Å². The fourth-order valence-electron chi connectivity index (χ4n) is 2.39. The maximum atomic E-state index is 13.7. The predicted octanol–water partition coefficient (Wildman–Crippen LogP) is 4.66. The van der Waals surface area contributed by atoms with Gasteiger partial charge in [-0.15, -0.1) is 0 Å². The normalized spacial score (nSPS) is 13.1. The van der Waals surface area contributed by atoms with Crippen LogP contribution in [0.15, 0.2) is 16.6 Å². The lowest BCUT2D eigenvalue weighted by atomic mass is 10.1. The molecule has 1 heterocycles. The number of anilines is 1. The van der Waals surface area contributed by atoms with Crippen LogP contribution in [-0.4, -0.2) is 9.55 Å². The van der Waals surface area contributed by atoms with Crippen molar-refractivity contribution in [3.8, 4) is 0 Å². The van der Waals surface area contributed by atoms with E-state index in [-0.39, 0.29) is 11.9 Å². The molecule has 0 fully saturated rings. The molecule has 0 aliphatic rings. The van der Waals surface area contributed by atoms with E-state index in [1.165, 1.54) is 18.9 Å². The number of rotatable bonds is 5. The van der Waals surface area contributed by atoms with E-state index < -0.39 is 0 Å². The van der Waals surface area contributed by atoms with Crippen molar-refractivity contribution in [1.29, 1.82) is 0 Å². The summed E-state index contributed by atoms with van der Waals surface area (Å²) in [5.41, 5.74) is 7.47. The number of hydrogen-bond donors (Lipinski definition) is 1. The van der Waals surface area contributed by atoms with Gasteiger partial charge in [0.15, 0.2) is 0 Å². The Bertz CT molecular complexity index is 580. The van der Waals surface area contributed by atoms with Gasteiger partial charge in [0.1, 0.15) is 5.82 Å². The fraction of sp³-hybridized carbons (Fsp3) is 0.500. The lowest BCUT2D eigenvalue weighted by Crippen LogP contribution is -2.09. The van der Waals surface area contributed by atoms with Crippen LogP contribution in [0.1, 0.15) is 45.6 Å². The highest BCUT2D eigenvalue weighted by Crippen LogP contribution is 2.29. The predicted molar refractivity (Wildman–Crippen MR) is 80.7 cm³/mol. The molecular weight excluding hydrogens is 309 g/mol. The second kappa shape index (κ2) is 5.90. The number of unbranched alkanes of at least 4 members (excludes halogenated alkanes) is 2. The molecule has 0 aliphatic carbocycles. The molecule has 2 rings (SSSR count). The Morgan fingerprint density at radius 1 is 1.42 bits per heavy atom. The second-order valence-corrected chi connectivity index (χ2v) is 5.79. The van der Waals surface area contributed by atoms with E-state index in [1.807, 2.05) is 4.57 Å². The van der Waals surface area contributed by atoms with Gasteiger partial charge in [0.25, 0.3) is 0 Å². The largest absolute Gasteiger partial charge is 0.369 e. The van der Waals surface area contributed by atoms with Gasteiger partial charge in [0.05, 0.1) is 15.5 Å². The average Bonchev–Trinajstić information content (AvgIpc) is 2.65. The lowest BCUT2D eigenvalue weighted by Gasteiger charge is -2.15. The van der Waals surface area contributed by atoms with E-state index in [2.05, 4.69) is 34.8 Å². The van der Waals surface area contributed by atoms with Crippen molar-refractivity contribution < 1.29 is 4.39 Å². The summed E-state index contributed by atoms with van der Waals surface area (Å²) in [4.78, 5) is 4.31. The van der Waals surface area contributed by atoms with Gasteiger partial charge in [-0.1, -0.05) is 26.2 Å². The van der Waals surface area contributed by atoms with Crippen LogP contribution in [0.3, 0.4) is 0 Å². The fourth-order valence-corrected chi connectivity index (χ4v) is 2.72. The van der Waals surface area contributed by atoms with Gasteiger partial charge in [-0.2, -0.15) is 0 Å². The molecule has 1 unspecified atom stereocenters. The van der Waals surface area contributed by atoms with Gasteiger partial charge in [-0.25, -0.2) is 9.37 Å². The van der Waals surface area contributed by atoms with Crippen LogP contribution in [0, 0.1) is 5.82 Å². The summed E-state index contributed by atoms with van der Waals surface area (Å²) < 4.78 is 16.0. The zero-order chi connectivity index (χ0) is 14.0. The number of fused-ring (bicyclic) bond motifs is 1. The zero-order valence-corrected chi connectivity index (χ0v) is 12.9. The van der Waals surface area contributed by atoms with Crippen molar-refractivity contribution in [1.82, 2.24) is 9.55 Å². The molecule has 0 bridgehead atoms. The molecule has 0 amide bonds. The first-order chi connectivity index (χ1) is 9.04. The number of nitrogens with zero attached hydrogens (tertiary/aromatic N) is 2. The average molecular weight is 328 g/mol. The first-order valence-electron chi connectivity index (χ1n) is 6.67. The minimum Gasteiger partial charge on any atom is -0.369 e. The summed E-state index contributed by atoms with van der Waals surface area (Å²) in [5.74, 6) is 0.172. The minimum atomic E-state index is -0.283. The van der Waals surface area contributed by atoms with Crippen LogP contribution in [0.5, 0.6) is 0 Å². The third-order valence-electron chi connectivity index (χ3n) is 3.43. The van der Waals surface area contributed by atoms with Gasteiger partial charge < -0.3 is 10.3 Å². The molecule has 0 saturated carbocycles. The van der Waals surface area contributed by atoms with Crippen LogP contribution in [0.25, 0.3) is 11.0 Å². The Labute approximate surface area is 121 Å². The number of nitrogens with two attached hydrogens (primary N) is 1. The first kappa shape index (κ1) is 14.3. The molecular formula is C14H19BrFN3. The van der Waals surface area contributed by atoms with Crippen molar-refractivity contribution in [2.75, 3.05) is 5.73 Å². The van der Waals surface area contributed by atoms with Crippen LogP contribution in [-0.2, 0) is 0 Å². The van der Waals surface area contributed by atoms with Gasteiger partial charge >= 0.3 is 0 Å². The van der Waals surface area contributed by atoms with E-state index >= 15 is 0 Å². The summed E-state index contributed by atoms with van der Waals surface area (Å²) in [6.07, 6.45) is 4.57. The molecule has 0 spiro atoms. The van der Waals surface area contributed by atoms with E-state index in [9.17, 15) is 4.39 Å². The van der Waals surface area contributed by atoms with Gasteiger partial charge in [-0.05, 0) is 35.3 Å². The highest BCUT2D eigenvalue weighted by molar-refractivity contribution is 9.10. The maximum absolute atomic E-state index is 13.7. The summed E-state index contributed by atoms with van der Waals surface area (Å²) in [7, 11) is 0. The maximum Gasteiger partial charge on any atom is 0.201 e. The van der Waals surface area contributed by atoms with E-state index in [4.69, 9.17) is 5.73 Å². The molecule has 0 radical (unpaired) electrons. The van der Waals surface area contributed by atoms with Crippen LogP contribution >= 0.6 is 15.9 Å². The summed E-state index contributed by atoms with van der Waals surface area (Å²) in [6, 6.07) is 3.41. The quantitative estimate of drug-likeness (QED) is 0.811. The molecule has 1 atom stereocenters. The summed E-state index contributed by atoms with van der Waals surface area (Å²) in [6.45, 7) is 4.28. The minimum absolute atomic E-state index is 0.233. The standard InChI is InChI=1S/C14H19BrFN3/c1-3-4-5-6-9(2)19-13-8-11(16)10(15)7-12(13)18-14(19)17/h7-9H,3-6H2,1-2H3,(H2,17,18). The molecule has 1 aromatic carbocycles. The number of aromatic nitrogens is 2. The summed E-state index contributed by atoms with van der Waals surface area (Å²) in [5, 5.41) is 0. The topological polar surface area (TPSA) is 43.8 Å². The van der Waals surface area contributed by atoms with Gasteiger partial charge in [0.2, 0.25) is 5.95 Å². The highest BCUT2D eigenvalue weighted by Gasteiger charge is 2.15. The van der Waals surface area contributed by atoms with E-state index in [1.54, 1.807) is 6.07 Å². The third kappa shape index (κ3) is 2.91. The summed E-state index contributed by atoms with van der Waals surface area (Å²) >= 11 is 3.17. The zero-order valence-electron chi connectivity index (χ0n) is 11.3.